The second-order valence-electron chi connectivity index (χ2n) is 4.62. The number of carbonyl (C=O) groups excluding carboxylic acids is 1. The molecule has 0 bridgehead atoms. The van der Waals surface area contributed by atoms with Crippen molar-refractivity contribution in [3.63, 3.8) is 0 Å². The van der Waals surface area contributed by atoms with Gasteiger partial charge in [0.05, 0.1) is 0 Å². The van der Waals surface area contributed by atoms with E-state index in [1.165, 1.54) is 5.56 Å². The Balaban J connectivity index is 1.90. The average molecular weight is 303 g/mol. The van der Waals surface area contributed by atoms with E-state index in [2.05, 4.69) is 12.2 Å². The fourth-order valence-electron chi connectivity index (χ4n) is 1.79. The third kappa shape index (κ3) is 4.20. The van der Waals surface area contributed by atoms with Crippen molar-refractivity contribution in [2.75, 3.05) is 11.9 Å². The van der Waals surface area contributed by atoms with Crippen LogP contribution in [0.15, 0.2) is 45.8 Å². The smallest absolute Gasteiger partial charge is 0.262 e. The second kappa shape index (κ2) is 7.42. The van der Waals surface area contributed by atoms with Crippen molar-refractivity contribution in [2.45, 2.75) is 20.0 Å². The molecule has 0 spiro atoms. The summed E-state index contributed by atoms with van der Waals surface area (Å²) in [5.74, 6) is -0.318. The summed E-state index contributed by atoms with van der Waals surface area (Å²) in [6, 6.07) is 8.59. The van der Waals surface area contributed by atoms with E-state index in [-0.39, 0.29) is 30.6 Å². The number of nitrogens with one attached hydrogen (secondary N) is 1. The minimum atomic E-state index is -0.449. The van der Waals surface area contributed by atoms with E-state index in [4.69, 9.17) is 14.3 Å². The molecule has 116 valence electrons. The van der Waals surface area contributed by atoms with Gasteiger partial charge in [-0.2, -0.15) is 0 Å². The lowest BCUT2D eigenvalue weighted by molar-refractivity contribution is -0.118. The maximum absolute atomic E-state index is 11.8. The largest absolute Gasteiger partial charge is 0.477 e. The van der Waals surface area contributed by atoms with Gasteiger partial charge in [0.25, 0.3) is 5.91 Å². The van der Waals surface area contributed by atoms with E-state index >= 15 is 0 Å². The van der Waals surface area contributed by atoms with Gasteiger partial charge in [-0.1, -0.05) is 19.1 Å². The van der Waals surface area contributed by atoms with Crippen LogP contribution in [0, 0.1) is 0 Å². The zero-order chi connectivity index (χ0) is 15.9. The molecule has 2 N–H and O–H groups in total. The lowest BCUT2D eigenvalue weighted by Crippen LogP contribution is -2.22. The van der Waals surface area contributed by atoms with E-state index in [0.29, 0.717) is 5.69 Å². The number of carbonyl (C=O) groups is 1. The number of anilines is 1. The molecule has 0 aliphatic rings. The molecule has 1 heterocycles. The number of rotatable bonds is 6. The van der Waals surface area contributed by atoms with E-state index < -0.39 is 5.43 Å². The van der Waals surface area contributed by atoms with Crippen molar-refractivity contribution in [3.8, 4) is 5.75 Å². The summed E-state index contributed by atoms with van der Waals surface area (Å²) in [5, 5.41) is 11.5. The lowest BCUT2D eigenvalue weighted by Gasteiger charge is -2.07. The molecule has 2 rings (SSSR count). The molecule has 6 heteroatoms. The van der Waals surface area contributed by atoms with Crippen molar-refractivity contribution in [1.29, 1.82) is 0 Å². The molecule has 1 aromatic carbocycles. The molecular formula is C16H17NO5. The molecule has 0 fully saturated rings. The van der Waals surface area contributed by atoms with Gasteiger partial charge in [-0.15, -0.1) is 0 Å². The summed E-state index contributed by atoms with van der Waals surface area (Å²) in [5.41, 5.74) is 1.39. The number of aryl methyl sites for hydroxylation is 1. The third-order valence-electron chi connectivity index (χ3n) is 3.01. The highest BCUT2D eigenvalue weighted by atomic mass is 16.5. The fraction of sp³-hybridized carbons (Fsp3) is 0.250. The fourth-order valence-corrected chi connectivity index (χ4v) is 1.79. The molecule has 6 nitrogen and oxygen atoms in total. The summed E-state index contributed by atoms with van der Waals surface area (Å²) in [6.07, 6.45) is 2.01. The molecule has 0 aliphatic carbocycles. The molecule has 2 aromatic rings. The van der Waals surface area contributed by atoms with Gasteiger partial charge in [-0.3, -0.25) is 9.59 Å². The Hall–Kier alpha value is -2.60. The second-order valence-corrected chi connectivity index (χ2v) is 4.62. The Morgan fingerprint density at radius 1 is 1.32 bits per heavy atom. The van der Waals surface area contributed by atoms with Crippen LogP contribution in [-0.2, 0) is 17.8 Å². The Labute approximate surface area is 127 Å². The number of ether oxygens (including phenoxy) is 1. The van der Waals surface area contributed by atoms with Gasteiger partial charge in [0.15, 0.2) is 6.61 Å². The Morgan fingerprint density at radius 3 is 2.64 bits per heavy atom. The average Bonchev–Trinajstić information content (AvgIpc) is 2.54. The molecule has 0 saturated carbocycles. The summed E-state index contributed by atoms with van der Waals surface area (Å²) in [7, 11) is 0. The van der Waals surface area contributed by atoms with Crippen LogP contribution in [0.5, 0.6) is 5.75 Å². The molecule has 0 aliphatic heterocycles. The quantitative estimate of drug-likeness (QED) is 0.848. The molecule has 0 unspecified atom stereocenters. The topological polar surface area (TPSA) is 88.8 Å². The minimum Gasteiger partial charge on any atom is -0.477 e. The van der Waals surface area contributed by atoms with Crippen LogP contribution >= 0.6 is 0 Å². The molecule has 0 atom stereocenters. The van der Waals surface area contributed by atoms with Crippen LogP contribution in [0.25, 0.3) is 0 Å². The molecule has 1 aromatic heterocycles. The Kier molecular flexibility index (Phi) is 5.32. The SMILES string of the molecule is CCc1ccc(NC(=O)COc2coc(CO)cc2=O)cc1. The molecule has 0 saturated heterocycles. The van der Waals surface area contributed by atoms with Crippen LogP contribution in [0.4, 0.5) is 5.69 Å². The third-order valence-corrected chi connectivity index (χ3v) is 3.01. The summed E-state index contributed by atoms with van der Waals surface area (Å²) < 4.78 is 10.1. The molecule has 22 heavy (non-hydrogen) atoms. The van der Waals surface area contributed by atoms with Crippen molar-refractivity contribution < 1.29 is 19.1 Å². The maximum atomic E-state index is 11.8. The molecular weight excluding hydrogens is 286 g/mol. The zero-order valence-electron chi connectivity index (χ0n) is 12.2. The van der Waals surface area contributed by atoms with Crippen LogP contribution in [0.2, 0.25) is 0 Å². The highest BCUT2D eigenvalue weighted by molar-refractivity contribution is 5.91. The summed E-state index contributed by atoms with van der Waals surface area (Å²) in [4.78, 5) is 23.4. The highest BCUT2D eigenvalue weighted by Crippen LogP contribution is 2.10. The zero-order valence-corrected chi connectivity index (χ0v) is 12.2. The highest BCUT2D eigenvalue weighted by Gasteiger charge is 2.08. The van der Waals surface area contributed by atoms with Gasteiger partial charge < -0.3 is 19.6 Å². The van der Waals surface area contributed by atoms with E-state index in [0.717, 1.165) is 18.8 Å². The predicted octanol–water partition coefficient (Wildman–Crippen LogP) is 1.71. The number of hydrogen-bond acceptors (Lipinski definition) is 5. The van der Waals surface area contributed by atoms with Gasteiger partial charge in [0, 0.05) is 11.8 Å². The van der Waals surface area contributed by atoms with Gasteiger partial charge >= 0.3 is 0 Å². The minimum absolute atomic E-state index is 0.0753. The van der Waals surface area contributed by atoms with Crippen LogP contribution in [0.1, 0.15) is 18.2 Å². The number of aliphatic hydroxyl groups excluding tert-OH is 1. The normalized spacial score (nSPS) is 10.3. The monoisotopic (exact) mass is 303 g/mol. The maximum Gasteiger partial charge on any atom is 0.262 e. The van der Waals surface area contributed by atoms with E-state index in [1.807, 2.05) is 12.1 Å². The van der Waals surface area contributed by atoms with Crippen LogP contribution in [-0.4, -0.2) is 17.6 Å². The van der Waals surface area contributed by atoms with E-state index in [9.17, 15) is 9.59 Å². The van der Waals surface area contributed by atoms with Crippen molar-refractivity contribution in [3.05, 3.63) is 58.1 Å². The Bertz CT molecular complexity index is 690. The van der Waals surface area contributed by atoms with Crippen LogP contribution in [0.3, 0.4) is 0 Å². The lowest BCUT2D eigenvalue weighted by atomic mass is 10.1. The van der Waals surface area contributed by atoms with Gasteiger partial charge in [-0.25, -0.2) is 0 Å². The van der Waals surface area contributed by atoms with Crippen molar-refractivity contribution in [1.82, 2.24) is 0 Å². The molecule has 1 amide bonds. The first-order valence-corrected chi connectivity index (χ1v) is 6.86. The molecule has 0 radical (unpaired) electrons. The standard InChI is InChI=1S/C16H17NO5/c1-2-11-3-5-12(6-4-11)17-16(20)10-22-15-9-21-13(8-18)7-14(15)19/h3-7,9,18H,2,8,10H2,1H3,(H,17,20). The first kappa shape index (κ1) is 15.8. The van der Waals surface area contributed by atoms with Gasteiger partial charge in [0.1, 0.15) is 18.6 Å². The van der Waals surface area contributed by atoms with Crippen molar-refractivity contribution >= 4 is 11.6 Å². The summed E-state index contributed by atoms with van der Waals surface area (Å²) in [6.45, 7) is 1.37. The van der Waals surface area contributed by atoms with Gasteiger partial charge in [-0.05, 0) is 24.1 Å². The first-order chi connectivity index (χ1) is 10.6. The number of benzene rings is 1. The Morgan fingerprint density at radius 2 is 2.05 bits per heavy atom. The van der Waals surface area contributed by atoms with Gasteiger partial charge in [0.2, 0.25) is 11.2 Å². The van der Waals surface area contributed by atoms with E-state index in [1.54, 1.807) is 12.1 Å². The summed E-state index contributed by atoms with van der Waals surface area (Å²) >= 11 is 0. The van der Waals surface area contributed by atoms with Crippen LogP contribution < -0.4 is 15.5 Å². The first-order valence-electron chi connectivity index (χ1n) is 6.86. The number of aliphatic hydroxyl groups is 1. The van der Waals surface area contributed by atoms with Crippen molar-refractivity contribution in [2.24, 2.45) is 0 Å². The number of hydrogen-bond donors (Lipinski definition) is 2. The predicted molar refractivity (Wildman–Crippen MR) is 80.8 cm³/mol. The number of amides is 1.